The number of nitrogens with zero attached hydrogens (tertiary/aromatic N) is 3. The first-order chi connectivity index (χ1) is 15.8. The largest absolute Gasteiger partial charge is 0.494 e. The predicted molar refractivity (Wildman–Crippen MR) is 117 cm³/mol. The Morgan fingerprint density at radius 2 is 1.85 bits per heavy atom. The lowest BCUT2D eigenvalue weighted by molar-refractivity contribution is -0.138. The van der Waals surface area contributed by atoms with Gasteiger partial charge in [0.2, 0.25) is 0 Å². The Morgan fingerprint density at radius 1 is 1.09 bits per heavy atom. The summed E-state index contributed by atoms with van der Waals surface area (Å²) >= 11 is 0. The highest BCUT2D eigenvalue weighted by atomic mass is 19.4. The number of benzene rings is 1. The van der Waals surface area contributed by atoms with Crippen LogP contribution in [0.1, 0.15) is 48.6 Å². The van der Waals surface area contributed by atoms with E-state index in [0.717, 1.165) is 48.3 Å². The monoisotopic (exact) mass is 461 g/mol. The van der Waals surface area contributed by atoms with E-state index < -0.39 is 17.7 Å². The van der Waals surface area contributed by atoms with Gasteiger partial charge in [-0.1, -0.05) is 25.5 Å². The molecule has 176 valence electrons. The van der Waals surface area contributed by atoms with Gasteiger partial charge in [-0.05, 0) is 61.1 Å². The molecule has 3 rings (SSSR count). The lowest BCUT2D eigenvalue weighted by atomic mass is 10.1. The number of hydrogen-bond acceptors (Lipinski definition) is 4. The summed E-state index contributed by atoms with van der Waals surface area (Å²) in [5.41, 5.74) is 2.07. The van der Waals surface area contributed by atoms with Crippen LogP contribution in [0.15, 0.2) is 48.8 Å². The quantitative estimate of drug-likeness (QED) is 0.394. The highest BCUT2D eigenvalue weighted by molar-refractivity contribution is 5.67. The summed E-state index contributed by atoms with van der Waals surface area (Å²) in [6.07, 6.45) is 1.90. The van der Waals surface area contributed by atoms with Gasteiger partial charge in [-0.3, -0.25) is 4.79 Å². The van der Waals surface area contributed by atoms with Gasteiger partial charge in [0.15, 0.2) is 5.82 Å². The Hall–Kier alpha value is -3.36. The Labute approximate surface area is 190 Å². The lowest BCUT2D eigenvalue weighted by Gasteiger charge is -2.07. The van der Waals surface area contributed by atoms with Crippen LogP contribution in [0, 0.1) is 0 Å². The first-order valence-corrected chi connectivity index (χ1v) is 10.8. The SMILES string of the molecule is CCCc1nn(-c2ccc(C(F)(F)F)cn2)cc1CCCOc1ccc(CCC(=O)O)cc1. The smallest absolute Gasteiger partial charge is 0.417 e. The molecule has 33 heavy (non-hydrogen) atoms. The van der Waals surface area contributed by atoms with Crippen LogP contribution in [0.2, 0.25) is 0 Å². The van der Waals surface area contributed by atoms with Crippen molar-refractivity contribution < 1.29 is 27.8 Å². The van der Waals surface area contributed by atoms with E-state index in [4.69, 9.17) is 9.84 Å². The van der Waals surface area contributed by atoms with E-state index in [2.05, 4.69) is 10.1 Å². The van der Waals surface area contributed by atoms with Crippen molar-refractivity contribution in [3.63, 3.8) is 0 Å². The van der Waals surface area contributed by atoms with Gasteiger partial charge in [-0.2, -0.15) is 18.3 Å². The van der Waals surface area contributed by atoms with Crippen LogP contribution >= 0.6 is 0 Å². The number of rotatable bonds is 11. The van der Waals surface area contributed by atoms with Crippen molar-refractivity contribution in [1.29, 1.82) is 0 Å². The topological polar surface area (TPSA) is 77.2 Å². The third kappa shape index (κ3) is 7.06. The summed E-state index contributed by atoms with van der Waals surface area (Å²) in [5, 5.41) is 13.3. The Kier molecular flexibility index (Phi) is 8.08. The van der Waals surface area contributed by atoms with Crippen LogP contribution in [-0.4, -0.2) is 32.4 Å². The van der Waals surface area contributed by atoms with Gasteiger partial charge in [-0.15, -0.1) is 0 Å². The third-order valence-corrected chi connectivity index (χ3v) is 5.08. The number of carboxylic acid groups (broad SMARTS) is 1. The van der Waals surface area contributed by atoms with Crippen LogP contribution in [0.25, 0.3) is 5.82 Å². The van der Waals surface area contributed by atoms with Crippen molar-refractivity contribution in [2.45, 2.75) is 51.6 Å². The highest BCUT2D eigenvalue weighted by Crippen LogP contribution is 2.28. The minimum Gasteiger partial charge on any atom is -0.494 e. The number of aromatic nitrogens is 3. The van der Waals surface area contributed by atoms with Crippen molar-refractivity contribution in [2.24, 2.45) is 0 Å². The first kappa shape index (κ1) is 24.3. The molecule has 0 unspecified atom stereocenters. The number of hydrogen-bond donors (Lipinski definition) is 1. The van der Waals surface area contributed by atoms with E-state index in [1.807, 2.05) is 37.4 Å². The molecule has 0 saturated heterocycles. The van der Waals surface area contributed by atoms with Gasteiger partial charge < -0.3 is 9.84 Å². The predicted octanol–water partition coefficient (Wildman–Crippen LogP) is 5.27. The van der Waals surface area contributed by atoms with Crippen molar-refractivity contribution in [3.05, 3.63) is 71.2 Å². The number of alkyl halides is 3. The molecule has 0 aliphatic heterocycles. The Morgan fingerprint density at radius 3 is 2.45 bits per heavy atom. The molecule has 0 amide bonds. The number of halogens is 3. The van der Waals surface area contributed by atoms with Crippen LogP contribution in [0.5, 0.6) is 5.75 Å². The molecular weight excluding hydrogens is 435 g/mol. The molecule has 0 bridgehead atoms. The normalized spacial score (nSPS) is 11.5. The van der Waals surface area contributed by atoms with E-state index in [0.29, 0.717) is 31.0 Å². The molecule has 0 spiro atoms. The molecule has 0 radical (unpaired) electrons. The van der Waals surface area contributed by atoms with Crippen molar-refractivity contribution in [3.8, 4) is 11.6 Å². The van der Waals surface area contributed by atoms with Crippen molar-refractivity contribution in [1.82, 2.24) is 14.8 Å². The highest BCUT2D eigenvalue weighted by Gasteiger charge is 2.30. The standard InChI is InChI=1S/C24H26F3N3O3/c1-2-4-21-18(16-30(29-21)22-12-9-19(15-28-22)24(25,26)27)5-3-14-33-20-10-6-17(7-11-20)8-13-23(31)32/h6-7,9-12,15-16H,2-5,8,13-14H2,1H3,(H,31,32). The number of ether oxygens (including phenoxy) is 1. The summed E-state index contributed by atoms with van der Waals surface area (Å²) in [6.45, 7) is 2.53. The van der Waals surface area contributed by atoms with Gasteiger partial charge in [-0.25, -0.2) is 9.67 Å². The first-order valence-electron chi connectivity index (χ1n) is 10.8. The summed E-state index contributed by atoms with van der Waals surface area (Å²) in [4.78, 5) is 14.6. The van der Waals surface area contributed by atoms with Crippen LogP contribution in [0.4, 0.5) is 13.2 Å². The molecule has 1 N–H and O–H groups in total. The maximum absolute atomic E-state index is 12.8. The van der Waals surface area contributed by atoms with E-state index >= 15 is 0 Å². The molecular formula is C24H26F3N3O3. The van der Waals surface area contributed by atoms with Crippen LogP contribution in [0.3, 0.4) is 0 Å². The minimum absolute atomic E-state index is 0.0932. The average Bonchev–Trinajstić information content (AvgIpc) is 3.18. The molecule has 2 aromatic heterocycles. The number of pyridine rings is 1. The van der Waals surface area contributed by atoms with E-state index in [1.54, 1.807) is 0 Å². The van der Waals surface area contributed by atoms with E-state index in [-0.39, 0.29) is 6.42 Å². The molecule has 0 aliphatic carbocycles. The Bertz CT molecular complexity index is 1050. The molecule has 1 aromatic carbocycles. The zero-order valence-corrected chi connectivity index (χ0v) is 18.3. The van der Waals surface area contributed by atoms with Crippen molar-refractivity contribution >= 4 is 5.97 Å². The van der Waals surface area contributed by atoms with E-state index in [1.165, 1.54) is 10.7 Å². The van der Waals surface area contributed by atoms with Gasteiger partial charge >= 0.3 is 12.1 Å². The van der Waals surface area contributed by atoms with Crippen LogP contribution < -0.4 is 4.74 Å². The fourth-order valence-corrected chi connectivity index (χ4v) is 3.36. The maximum Gasteiger partial charge on any atom is 0.417 e. The lowest BCUT2D eigenvalue weighted by Crippen LogP contribution is -2.07. The number of aryl methyl sites for hydroxylation is 3. The number of carboxylic acids is 1. The summed E-state index contributed by atoms with van der Waals surface area (Å²) < 4.78 is 45.6. The Balaban J connectivity index is 1.57. The average molecular weight is 461 g/mol. The molecule has 6 nitrogen and oxygen atoms in total. The zero-order valence-electron chi connectivity index (χ0n) is 18.3. The number of aliphatic carboxylic acids is 1. The number of carbonyl (C=O) groups is 1. The summed E-state index contributed by atoms with van der Waals surface area (Å²) in [6, 6.07) is 9.70. The maximum atomic E-state index is 12.8. The summed E-state index contributed by atoms with van der Waals surface area (Å²) in [5.74, 6) is 0.230. The second-order valence-electron chi connectivity index (χ2n) is 7.69. The molecule has 0 fully saturated rings. The van der Waals surface area contributed by atoms with E-state index in [9.17, 15) is 18.0 Å². The molecule has 3 aromatic rings. The molecule has 0 atom stereocenters. The molecule has 2 heterocycles. The van der Waals surface area contributed by atoms with Crippen LogP contribution in [-0.2, 0) is 30.2 Å². The fourth-order valence-electron chi connectivity index (χ4n) is 3.36. The molecule has 0 saturated carbocycles. The molecule has 0 aliphatic rings. The van der Waals surface area contributed by atoms with Gasteiger partial charge in [0.05, 0.1) is 17.9 Å². The van der Waals surface area contributed by atoms with Gasteiger partial charge in [0.1, 0.15) is 5.75 Å². The second kappa shape index (κ2) is 11.0. The zero-order chi connectivity index (χ0) is 23.8. The fraction of sp³-hybridized carbons (Fsp3) is 0.375. The van der Waals surface area contributed by atoms with Gasteiger partial charge in [0.25, 0.3) is 0 Å². The molecule has 9 heteroatoms. The minimum atomic E-state index is -4.42. The van der Waals surface area contributed by atoms with Gasteiger partial charge in [0, 0.05) is 18.8 Å². The van der Waals surface area contributed by atoms with Crippen molar-refractivity contribution in [2.75, 3.05) is 6.61 Å². The second-order valence-corrected chi connectivity index (χ2v) is 7.69. The third-order valence-electron chi connectivity index (χ3n) is 5.08. The summed E-state index contributed by atoms with van der Waals surface area (Å²) in [7, 11) is 0.